The van der Waals surface area contributed by atoms with Gasteiger partial charge in [-0.25, -0.2) is 4.98 Å². The minimum absolute atomic E-state index is 0.275. The second-order valence-electron chi connectivity index (χ2n) is 7.64. The Morgan fingerprint density at radius 1 is 1.03 bits per heavy atom. The zero-order valence-electron chi connectivity index (χ0n) is 18.3. The van der Waals surface area contributed by atoms with Crippen LogP contribution in [-0.2, 0) is 13.1 Å². The summed E-state index contributed by atoms with van der Waals surface area (Å²) in [6.07, 6.45) is 1.75. The van der Waals surface area contributed by atoms with Gasteiger partial charge in [0, 0.05) is 24.0 Å². The summed E-state index contributed by atoms with van der Waals surface area (Å²) in [6.45, 7) is 5.05. The lowest BCUT2D eigenvalue weighted by molar-refractivity contribution is 0.590. The van der Waals surface area contributed by atoms with Gasteiger partial charge in [0.2, 0.25) is 0 Å². The predicted molar refractivity (Wildman–Crippen MR) is 125 cm³/mol. The molecule has 0 aliphatic rings. The van der Waals surface area contributed by atoms with E-state index in [0.29, 0.717) is 35.4 Å². The molecule has 0 spiro atoms. The van der Waals surface area contributed by atoms with Gasteiger partial charge in [-0.15, -0.1) is 5.10 Å². The number of nitriles is 1. The molecule has 9 heteroatoms. The van der Waals surface area contributed by atoms with Gasteiger partial charge in [-0.1, -0.05) is 18.2 Å². The molecule has 33 heavy (non-hydrogen) atoms. The van der Waals surface area contributed by atoms with Crippen LogP contribution in [0.1, 0.15) is 23.9 Å². The second-order valence-corrected chi connectivity index (χ2v) is 7.64. The van der Waals surface area contributed by atoms with E-state index in [0.717, 1.165) is 28.2 Å². The maximum atomic E-state index is 9.39. The van der Waals surface area contributed by atoms with Gasteiger partial charge in [-0.05, 0) is 44.2 Å². The fourth-order valence-corrected chi connectivity index (χ4v) is 3.92. The summed E-state index contributed by atoms with van der Waals surface area (Å²) in [7, 11) is 0. The van der Waals surface area contributed by atoms with Crippen molar-refractivity contribution in [2.24, 2.45) is 0 Å². The average Bonchev–Trinajstić information content (AvgIpc) is 3.46. The number of aromatic nitrogens is 7. The smallest absolute Gasteiger partial charge is 0.156 e. The van der Waals surface area contributed by atoms with Crippen molar-refractivity contribution in [3.63, 3.8) is 0 Å². The number of nitrogens with zero attached hydrogens (tertiary/aromatic N) is 8. The Kier molecular flexibility index (Phi) is 5.03. The summed E-state index contributed by atoms with van der Waals surface area (Å²) < 4.78 is 1.88. The molecule has 0 aliphatic heterocycles. The fourth-order valence-electron chi connectivity index (χ4n) is 3.92. The molecule has 2 N–H and O–H groups in total. The summed E-state index contributed by atoms with van der Waals surface area (Å²) in [5.74, 6) is 0.275. The van der Waals surface area contributed by atoms with Gasteiger partial charge in [0.05, 0.1) is 34.3 Å². The van der Waals surface area contributed by atoms with E-state index < -0.39 is 0 Å². The maximum Gasteiger partial charge on any atom is 0.156 e. The molecule has 4 heterocycles. The van der Waals surface area contributed by atoms with Crippen molar-refractivity contribution in [2.75, 3.05) is 5.73 Å². The van der Waals surface area contributed by atoms with E-state index in [-0.39, 0.29) is 5.82 Å². The minimum atomic E-state index is 0.275. The lowest BCUT2D eigenvalue weighted by atomic mass is 10.00. The number of aryl methyl sites for hydroxylation is 2. The first-order valence-electron chi connectivity index (χ1n) is 10.6. The van der Waals surface area contributed by atoms with Crippen molar-refractivity contribution in [3.8, 4) is 28.6 Å². The number of benzene rings is 1. The Bertz CT molecular complexity index is 1520. The van der Waals surface area contributed by atoms with Crippen LogP contribution in [0.15, 0.2) is 54.7 Å². The largest absolute Gasteiger partial charge is 0.382 e. The van der Waals surface area contributed by atoms with Crippen LogP contribution in [-0.4, -0.2) is 34.7 Å². The summed E-state index contributed by atoms with van der Waals surface area (Å²) in [5.41, 5.74) is 12.9. The molecular formula is C24H21N9. The van der Waals surface area contributed by atoms with E-state index in [1.165, 1.54) is 0 Å². The summed E-state index contributed by atoms with van der Waals surface area (Å²) in [6, 6.07) is 17.3. The minimum Gasteiger partial charge on any atom is -0.382 e. The predicted octanol–water partition coefficient (Wildman–Crippen LogP) is 3.58. The van der Waals surface area contributed by atoms with Crippen LogP contribution in [0.25, 0.3) is 33.5 Å². The molecule has 0 bridgehead atoms. The lowest BCUT2D eigenvalue weighted by Crippen LogP contribution is -2.06. The van der Waals surface area contributed by atoms with Crippen molar-refractivity contribution >= 4 is 16.9 Å². The monoisotopic (exact) mass is 435 g/mol. The third-order valence-electron chi connectivity index (χ3n) is 5.39. The zero-order chi connectivity index (χ0) is 22.9. The molecule has 0 aliphatic carbocycles. The van der Waals surface area contributed by atoms with Gasteiger partial charge >= 0.3 is 0 Å². The number of hydrogen-bond donors (Lipinski definition) is 1. The van der Waals surface area contributed by atoms with Crippen molar-refractivity contribution in [2.45, 2.75) is 26.9 Å². The standard InChI is InChI=1S/C24H21N9/c1-3-32-19(10-11-27-32)20-21(17-8-5-7-16(12-17)13-25)29-24(26)23-22(20)30-33(31-23)14-18-9-4-6-15(2)28-18/h4-12H,3,14H2,1-2H3,(H2,26,29). The van der Waals surface area contributed by atoms with Gasteiger partial charge in [0.1, 0.15) is 12.1 Å². The van der Waals surface area contributed by atoms with Crippen LogP contribution in [0.5, 0.6) is 0 Å². The molecule has 1 aromatic carbocycles. The lowest BCUT2D eigenvalue weighted by Gasteiger charge is -2.12. The molecule has 9 nitrogen and oxygen atoms in total. The van der Waals surface area contributed by atoms with Crippen LogP contribution in [0.3, 0.4) is 0 Å². The van der Waals surface area contributed by atoms with Crippen LogP contribution < -0.4 is 5.73 Å². The number of fused-ring (bicyclic) bond motifs is 1. The highest BCUT2D eigenvalue weighted by Gasteiger charge is 2.23. The molecule has 162 valence electrons. The molecule has 0 amide bonds. The van der Waals surface area contributed by atoms with Crippen molar-refractivity contribution < 1.29 is 0 Å². The number of anilines is 1. The molecule has 0 unspecified atom stereocenters. The van der Waals surface area contributed by atoms with Gasteiger partial charge in [0.15, 0.2) is 11.3 Å². The number of nitrogens with two attached hydrogens (primary N) is 1. The third kappa shape index (κ3) is 3.68. The average molecular weight is 435 g/mol. The number of nitrogen functional groups attached to an aromatic ring is 1. The first kappa shape index (κ1) is 20.3. The molecule has 0 saturated heterocycles. The Morgan fingerprint density at radius 2 is 1.85 bits per heavy atom. The van der Waals surface area contributed by atoms with E-state index in [1.54, 1.807) is 23.1 Å². The normalized spacial score (nSPS) is 11.1. The molecular weight excluding hydrogens is 414 g/mol. The van der Waals surface area contributed by atoms with Gasteiger partial charge in [0.25, 0.3) is 0 Å². The first-order valence-corrected chi connectivity index (χ1v) is 10.6. The molecule has 0 atom stereocenters. The third-order valence-corrected chi connectivity index (χ3v) is 5.39. The highest BCUT2D eigenvalue weighted by atomic mass is 15.5. The van der Waals surface area contributed by atoms with Gasteiger partial charge in [-0.3, -0.25) is 9.67 Å². The molecule has 0 radical (unpaired) electrons. The molecule has 5 rings (SSSR count). The Morgan fingerprint density at radius 3 is 2.64 bits per heavy atom. The van der Waals surface area contributed by atoms with Crippen LogP contribution in [0.2, 0.25) is 0 Å². The fraction of sp³-hybridized carbons (Fsp3) is 0.167. The summed E-state index contributed by atoms with van der Waals surface area (Å²) in [4.78, 5) is 10.9. The van der Waals surface area contributed by atoms with Crippen molar-refractivity contribution in [1.82, 2.24) is 34.7 Å². The van der Waals surface area contributed by atoms with E-state index in [9.17, 15) is 5.26 Å². The second kappa shape index (κ2) is 8.16. The van der Waals surface area contributed by atoms with Gasteiger partial charge < -0.3 is 5.73 Å². The van der Waals surface area contributed by atoms with Crippen molar-refractivity contribution in [3.05, 3.63) is 71.7 Å². The SMILES string of the molecule is CCn1nccc1-c1c(-c2cccc(C#N)c2)nc(N)c2nn(Cc3cccc(C)n3)nc12. The highest BCUT2D eigenvalue weighted by molar-refractivity contribution is 6.02. The summed E-state index contributed by atoms with van der Waals surface area (Å²) >= 11 is 0. The van der Waals surface area contributed by atoms with Crippen LogP contribution >= 0.6 is 0 Å². The summed E-state index contributed by atoms with van der Waals surface area (Å²) in [5, 5.41) is 23.3. The van der Waals surface area contributed by atoms with Crippen molar-refractivity contribution in [1.29, 1.82) is 5.26 Å². The van der Waals surface area contributed by atoms with E-state index in [2.05, 4.69) is 21.3 Å². The van der Waals surface area contributed by atoms with E-state index in [1.807, 2.05) is 54.9 Å². The van der Waals surface area contributed by atoms with Crippen LogP contribution in [0, 0.1) is 18.3 Å². The number of pyridine rings is 2. The quantitative estimate of drug-likeness (QED) is 0.447. The number of hydrogen-bond acceptors (Lipinski definition) is 7. The van der Waals surface area contributed by atoms with E-state index >= 15 is 0 Å². The first-order chi connectivity index (χ1) is 16.1. The highest BCUT2D eigenvalue weighted by Crippen LogP contribution is 2.37. The topological polar surface area (TPSA) is 124 Å². The van der Waals surface area contributed by atoms with Gasteiger partial charge in [-0.2, -0.15) is 20.3 Å². The molecule has 4 aromatic heterocycles. The maximum absolute atomic E-state index is 9.39. The Labute approximate surface area is 190 Å². The zero-order valence-corrected chi connectivity index (χ0v) is 18.3. The molecule has 0 saturated carbocycles. The number of rotatable bonds is 5. The Hall–Kier alpha value is -4.58. The molecule has 5 aromatic rings. The van der Waals surface area contributed by atoms with Crippen LogP contribution in [0.4, 0.5) is 5.82 Å². The molecule has 0 fully saturated rings. The Balaban J connectivity index is 1.76. The van der Waals surface area contributed by atoms with E-state index in [4.69, 9.17) is 15.8 Å².